The van der Waals surface area contributed by atoms with Crippen LogP contribution < -0.4 is 0 Å². The molecule has 17 heavy (non-hydrogen) atoms. The molecule has 0 N–H and O–H groups in total. The van der Waals surface area contributed by atoms with Crippen molar-refractivity contribution >= 4 is 11.9 Å². The third-order valence-corrected chi connectivity index (χ3v) is 3.58. The third kappa shape index (κ3) is 2.88. The summed E-state index contributed by atoms with van der Waals surface area (Å²) in [4.78, 5) is 23.6. The Hall–Kier alpha value is -0.860. The molecule has 1 fully saturated rings. The third-order valence-electron chi connectivity index (χ3n) is 3.58. The Labute approximate surface area is 104 Å². The summed E-state index contributed by atoms with van der Waals surface area (Å²) in [5.41, 5.74) is -0.188. The lowest BCUT2D eigenvalue weighted by Crippen LogP contribution is -2.36. The summed E-state index contributed by atoms with van der Waals surface area (Å²) in [5, 5.41) is 0. The minimum absolute atomic E-state index is 0.144. The molecule has 1 heterocycles. The molecule has 1 saturated heterocycles. The van der Waals surface area contributed by atoms with Gasteiger partial charge in [0.2, 0.25) is 0 Å². The van der Waals surface area contributed by atoms with E-state index in [0.717, 1.165) is 6.42 Å². The second-order valence-corrected chi connectivity index (χ2v) is 6.57. The van der Waals surface area contributed by atoms with Gasteiger partial charge < -0.3 is 4.74 Å². The lowest BCUT2D eigenvalue weighted by Gasteiger charge is -2.34. The van der Waals surface area contributed by atoms with Gasteiger partial charge in [-0.3, -0.25) is 9.59 Å². The van der Waals surface area contributed by atoms with E-state index >= 15 is 0 Å². The van der Waals surface area contributed by atoms with Gasteiger partial charge in [-0.1, -0.05) is 41.5 Å². The van der Waals surface area contributed by atoms with Gasteiger partial charge in [0.1, 0.15) is 0 Å². The predicted octanol–water partition coefficient (Wildman–Crippen LogP) is 3.03. The normalized spacial score (nSPS) is 25.9. The first-order valence-electron chi connectivity index (χ1n) is 6.42. The molecule has 0 radical (unpaired) electrons. The monoisotopic (exact) mass is 240 g/mol. The van der Waals surface area contributed by atoms with Crippen LogP contribution in [0.1, 0.15) is 48.0 Å². The number of esters is 2. The maximum Gasteiger partial charge on any atom is 0.318 e. The van der Waals surface area contributed by atoms with Crippen LogP contribution in [0, 0.1) is 29.1 Å². The number of rotatable bonds is 4. The first kappa shape index (κ1) is 14.2. The fourth-order valence-electron chi connectivity index (χ4n) is 3.15. The van der Waals surface area contributed by atoms with E-state index in [-0.39, 0.29) is 35.1 Å². The smallest absolute Gasteiger partial charge is 0.318 e. The summed E-state index contributed by atoms with van der Waals surface area (Å²) in [6.45, 7) is 12.3. The van der Waals surface area contributed by atoms with Crippen molar-refractivity contribution in [1.29, 1.82) is 0 Å². The SMILES string of the molecule is CC(C)CC(C)(C)C1C(=O)OC(=O)C1C(C)C. The fraction of sp³-hybridized carbons (Fsp3) is 0.857. The summed E-state index contributed by atoms with van der Waals surface area (Å²) in [6, 6.07) is 0. The first-order chi connectivity index (χ1) is 7.66. The van der Waals surface area contributed by atoms with Crippen LogP contribution in [0.2, 0.25) is 0 Å². The number of cyclic esters (lactones) is 2. The van der Waals surface area contributed by atoms with Gasteiger partial charge in [-0.25, -0.2) is 0 Å². The van der Waals surface area contributed by atoms with Crippen LogP contribution in [0.4, 0.5) is 0 Å². The lowest BCUT2D eigenvalue weighted by molar-refractivity contribution is -0.154. The molecule has 1 aliphatic heterocycles. The molecule has 0 spiro atoms. The zero-order chi connectivity index (χ0) is 13.4. The van der Waals surface area contributed by atoms with Crippen molar-refractivity contribution < 1.29 is 14.3 Å². The lowest BCUT2D eigenvalue weighted by atomic mass is 9.66. The Kier molecular flexibility index (Phi) is 4.00. The van der Waals surface area contributed by atoms with Gasteiger partial charge in [0.05, 0.1) is 11.8 Å². The molecule has 2 unspecified atom stereocenters. The molecule has 1 aliphatic rings. The average molecular weight is 240 g/mol. The van der Waals surface area contributed by atoms with Crippen LogP contribution in [0.15, 0.2) is 0 Å². The van der Waals surface area contributed by atoms with Gasteiger partial charge in [0, 0.05) is 0 Å². The highest BCUT2D eigenvalue weighted by atomic mass is 16.6. The van der Waals surface area contributed by atoms with E-state index < -0.39 is 0 Å². The maximum absolute atomic E-state index is 11.9. The fourth-order valence-corrected chi connectivity index (χ4v) is 3.15. The molecule has 0 bridgehead atoms. The Morgan fingerprint density at radius 3 is 2.06 bits per heavy atom. The quantitative estimate of drug-likeness (QED) is 0.560. The Morgan fingerprint density at radius 1 is 1.12 bits per heavy atom. The van der Waals surface area contributed by atoms with E-state index in [1.165, 1.54) is 0 Å². The highest BCUT2D eigenvalue weighted by Crippen LogP contribution is 2.45. The van der Waals surface area contributed by atoms with E-state index in [4.69, 9.17) is 4.74 Å². The van der Waals surface area contributed by atoms with Crippen molar-refractivity contribution in [3.8, 4) is 0 Å². The zero-order valence-electron chi connectivity index (χ0n) is 11.7. The van der Waals surface area contributed by atoms with Crippen LogP contribution >= 0.6 is 0 Å². The van der Waals surface area contributed by atoms with Gasteiger partial charge in [0.25, 0.3) is 0 Å². The molecule has 0 aromatic heterocycles. The predicted molar refractivity (Wildman–Crippen MR) is 66.2 cm³/mol. The molecular weight excluding hydrogens is 216 g/mol. The van der Waals surface area contributed by atoms with Crippen molar-refractivity contribution in [2.45, 2.75) is 48.0 Å². The molecule has 98 valence electrons. The highest BCUT2D eigenvalue weighted by molar-refractivity contribution is 5.97. The summed E-state index contributed by atoms with van der Waals surface area (Å²) >= 11 is 0. The minimum Gasteiger partial charge on any atom is -0.393 e. The van der Waals surface area contributed by atoms with Gasteiger partial charge in [0.15, 0.2) is 0 Å². The van der Waals surface area contributed by atoms with E-state index in [9.17, 15) is 9.59 Å². The number of ether oxygens (including phenoxy) is 1. The van der Waals surface area contributed by atoms with Crippen LogP contribution in [0.25, 0.3) is 0 Å². The topological polar surface area (TPSA) is 43.4 Å². The van der Waals surface area contributed by atoms with Gasteiger partial charge in [-0.05, 0) is 23.7 Å². The van der Waals surface area contributed by atoms with Crippen LogP contribution in [-0.4, -0.2) is 11.9 Å². The Bertz CT molecular complexity index is 315. The van der Waals surface area contributed by atoms with Crippen molar-refractivity contribution in [1.82, 2.24) is 0 Å². The van der Waals surface area contributed by atoms with Gasteiger partial charge >= 0.3 is 11.9 Å². The number of carbonyl (C=O) groups is 2. The van der Waals surface area contributed by atoms with E-state index in [2.05, 4.69) is 27.7 Å². The number of carbonyl (C=O) groups excluding carboxylic acids is 2. The van der Waals surface area contributed by atoms with Crippen LogP contribution in [0.3, 0.4) is 0 Å². The van der Waals surface area contributed by atoms with Gasteiger partial charge in [-0.2, -0.15) is 0 Å². The Balaban J connectivity index is 3.00. The maximum atomic E-state index is 11.9. The standard InChI is InChI=1S/C14H24O3/c1-8(2)7-14(5,6)11-10(9(3)4)12(15)17-13(11)16/h8-11H,7H2,1-6H3. The van der Waals surface area contributed by atoms with Crippen molar-refractivity contribution in [2.24, 2.45) is 29.1 Å². The zero-order valence-corrected chi connectivity index (χ0v) is 11.7. The minimum atomic E-state index is -0.341. The second kappa shape index (κ2) is 4.79. The molecule has 3 heteroatoms. The van der Waals surface area contributed by atoms with Crippen LogP contribution in [-0.2, 0) is 14.3 Å². The number of hydrogen-bond acceptors (Lipinski definition) is 3. The molecule has 0 amide bonds. The van der Waals surface area contributed by atoms with E-state index in [1.807, 2.05) is 13.8 Å². The summed E-state index contributed by atoms with van der Waals surface area (Å²) < 4.78 is 4.84. The average Bonchev–Trinajstić information content (AvgIpc) is 2.38. The second-order valence-electron chi connectivity index (χ2n) is 6.57. The summed E-state index contributed by atoms with van der Waals surface area (Å²) in [7, 11) is 0. The molecule has 1 rings (SSSR count). The summed E-state index contributed by atoms with van der Waals surface area (Å²) in [6.07, 6.45) is 0.920. The van der Waals surface area contributed by atoms with Crippen molar-refractivity contribution in [2.75, 3.05) is 0 Å². The Morgan fingerprint density at radius 2 is 1.65 bits per heavy atom. The van der Waals surface area contributed by atoms with E-state index in [1.54, 1.807) is 0 Å². The van der Waals surface area contributed by atoms with Crippen molar-refractivity contribution in [3.63, 3.8) is 0 Å². The summed E-state index contributed by atoms with van der Waals surface area (Å²) in [5.74, 6) is -0.605. The molecular formula is C14H24O3. The molecule has 2 atom stereocenters. The first-order valence-corrected chi connectivity index (χ1v) is 6.42. The molecule has 3 nitrogen and oxygen atoms in total. The van der Waals surface area contributed by atoms with E-state index in [0.29, 0.717) is 5.92 Å². The largest absolute Gasteiger partial charge is 0.393 e. The van der Waals surface area contributed by atoms with Gasteiger partial charge in [-0.15, -0.1) is 0 Å². The highest BCUT2D eigenvalue weighted by Gasteiger charge is 2.52. The molecule has 0 aliphatic carbocycles. The van der Waals surface area contributed by atoms with Crippen molar-refractivity contribution in [3.05, 3.63) is 0 Å². The number of hydrogen-bond donors (Lipinski definition) is 0. The molecule has 0 aromatic rings. The molecule has 0 aromatic carbocycles. The molecule has 0 saturated carbocycles. The van der Waals surface area contributed by atoms with Crippen LogP contribution in [0.5, 0.6) is 0 Å².